The Bertz CT molecular complexity index is 690. The van der Waals surface area contributed by atoms with Crippen LogP contribution in [0.2, 0.25) is 0 Å². The van der Waals surface area contributed by atoms with Crippen LogP contribution in [0.25, 0.3) is 0 Å². The molecule has 0 saturated heterocycles. The molecule has 3 N–H and O–H groups in total. The fraction of sp³-hybridized carbons (Fsp3) is 0.500. The monoisotopic (exact) mass is 407 g/mol. The van der Waals surface area contributed by atoms with E-state index < -0.39 is 11.8 Å². The Labute approximate surface area is 170 Å². The van der Waals surface area contributed by atoms with Crippen LogP contribution < -0.4 is 15.6 Å². The molecule has 1 atom stereocenters. The number of rotatable bonds is 13. The van der Waals surface area contributed by atoms with Gasteiger partial charge in [-0.3, -0.25) is 10.2 Å². The lowest BCUT2D eigenvalue weighted by molar-refractivity contribution is -0.129. The van der Waals surface area contributed by atoms with E-state index in [0.29, 0.717) is 31.1 Å². The molecule has 9 heteroatoms. The summed E-state index contributed by atoms with van der Waals surface area (Å²) in [6.07, 6.45) is 2.05. The van der Waals surface area contributed by atoms with E-state index in [-0.39, 0.29) is 25.7 Å². The van der Waals surface area contributed by atoms with Crippen LogP contribution in [0, 0.1) is 0 Å². The normalized spacial score (nSPS) is 18.3. The predicted octanol–water partition coefficient (Wildman–Crippen LogP) is 0.779. The Morgan fingerprint density at radius 2 is 2.10 bits per heavy atom. The molecular formula is C20H29N3O6. The number of methoxy groups -OCH3 is 2. The summed E-state index contributed by atoms with van der Waals surface area (Å²) in [6.45, 7) is 4.64. The zero-order valence-corrected chi connectivity index (χ0v) is 16.8. The summed E-state index contributed by atoms with van der Waals surface area (Å²) in [5.74, 6) is 0.740. The summed E-state index contributed by atoms with van der Waals surface area (Å²) in [5.41, 5.74) is 5.07. The van der Waals surface area contributed by atoms with Crippen molar-refractivity contribution >= 4 is 11.8 Å². The van der Waals surface area contributed by atoms with Crippen LogP contribution in [0.15, 0.2) is 41.9 Å². The highest BCUT2D eigenvalue weighted by atomic mass is 16.7. The molecule has 160 valence electrons. The number of ether oxygens (including phenoxy) is 4. The molecule has 0 bridgehead atoms. The maximum atomic E-state index is 12.8. The smallest absolute Gasteiger partial charge is 0.266 e. The zero-order valence-electron chi connectivity index (χ0n) is 16.8. The lowest BCUT2D eigenvalue weighted by Gasteiger charge is -2.22. The SMILES string of the molecule is C=CC[C@@]1(C(=O)NNCC(OC)OC)COC(c2ccc(OCCCO)cc2)=N1. The minimum Gasteiger partial charge on any atom is -0.494 e. The molecule has 0 aromatic heterocycles. The summed E-state index contributed by atoms with van der Waals surface area (Å²) in [5, 5.41) is 8.81. The zero-order chi connectivity index (χ0) is 21.1. The van der Waals surface area contributed by atoms with Crippen molar-refractivity contribution < 1.29 is 28.8 Å². The minimum atomic E-state index is -1.10. The molecule has 1 amide bonds. The quantitative estimate of drug-likeness (QED) is 0.192. The Hall–Kier alpha value is -2.46. The van der Waals surface area contributed by atoms with E-state index in [4.69, 9.17) is 24.1 Å². The van der Waals surface area contributed by atoms with Crippen LogP contribution in [0.1, 0.15) is 18.4 Å². The van der Waals surface area contributed by atoms with Gasteiger partial charge in [-0.15, -0.1) is 6.58 Å². The highest BCUT2D eigenvalue weighted by Gasteiger charge is 2.43. The molecule has 1 aromatic carbocycles. The van der Waals surface area contributed by atoms with Crippen LogP contribution >= 0.6 is 0 Å². The van der Waals surface area contributed by atoms with Crippen molar-refractivity contribution in [3.63, 3.8) is 0 Å². The van der Waals surface area contributed by atoms with Gasteiger partial charge >= 0.3 is 0 Å². The number of nitrogens with one attached hydrogen (secondary N) is 2. The Kier molecular flexibility index (Phi) is 9.07. The Morgan fingerprint density at radius 3 is 2.72 bits per heavy atom. The lowest BCUT2D eigenvalue weighted by atomic mass is 9.97. The third-order valence-corrected chi connectivity index (χ3v) is 4.34. The Morgan fingerprint density at radius 1 is 1.38 bits per heavy atom. The number of carbonyl (C=O) groups is 1. The third kappa shape index (κ3) is 6.26. The molecule has 0 spiro atoms. The van der Waals surface area contributed by atoms with E-state index in [1.54, 1.807) is 18.2 Å². The van der Waals surface area contributed by atoms with E-state index in [0.717, 1.165) is 5.56 Å². The van der Waals surface area contributed by atoms with Crippen molar-refractivity contribution in [1.82, 2.24) is 10.9 Å². The highest BCUT2D eigenvalue weighted by molar-refractivity contribution is 6.00. The van der Waals surface area contributed by atoms with Gasteiger partial charge in [-0.2, -0.15) is 0 Å². The second kappa shape index (κ2) is 11.5. The summed E-state index contributed by atoms with van der Waals surface area (Å²) < 4.78 is 21.4. The van der Waals surface area contributed by atoms with E-state index in [1.165, 1.54) is 14.2 Å². The largest absolute Gasteiger partial charge is 0.494 e. The molecule has 0 fully saturated rings. The molecule has 0 aliphatic carbocycles. The fourth-order valence-corrected chi connectivity index (χ4v) is 2.69. The summed E-state index contributed by atoms with van der Waals surface area (Å²) in [7, 11) is 3.03. The van der Waals surface area contributed by atoms with Gasteiger partial charge in [0.25, 0.3) is 5.91 Å². The number of amides is 1. The Balaban J connectivity index is 2.04. The van der Waals surface area contributed by atoms with Gasteiger partial charge in [0.05, 0.1) is 13.2 Å². The number of carbonyl (C=O) groups excluding carboxylic acids is 1. The molecule has 1 aliphatic heterocycles. The first-order valence-electron chi connectivity index (χ1n) is 9.35. The van der Waals surface area contributed by atoms with Crippen molar-refractivity contribution in [2.45, 2.75) is 24.7 Å². The second-order valence-corrected chi connectivity index (χ2v) is 6.42. The van der Waals surface area contributed by atoms with Gasteiger partial charge in [-0.05, 0) is 24.3 Å². The average molecular weight is 407 g/mol. The molecule has 0 unspecified atom stereocenters. The van der Waals surface area contributed by atoms with E-state index in [1.807, 2.05) is 12.1 Å². The molecule has 1 aliphatic rings. The van der Waals surface area contributed by atoms with Gasteiger partial charge < -0.3 is 24.1 Å². The van der Waals surface area contributed by atoms with Crippen LogP contribution in [0.3, 0.4) is 0 Å². The van der Waals surface area contributed by atoms with Crippen LogP contribution in [-0.2, 0) is 19.0 Å². The van der Waals surface area contributed by atoms with E-state index in [9.17, 15) is 4.79 Å². The van der Waals surface area contributed by atoms with E-state index >= 15 is 0 Å². The van der Waals surface area contributed by atoms with Crippen molar-refractivity contribution in [3.05, 3.63) is 42.5 Å². The summed E-state index contributed by atoms with van der Waals surface area (Å²) >= 11 is 0. The van der Waals surface area contributed by atoms with Gasteiger partial charge in [-0.25, -0.2) is 10.4 Å². The van der Waals surface area contributed by atoms with Crippen molar-refractivity contribution in [2.24, 2.45) is 4.99 Å². The lowest BCUT2D eigenvalue weighted by Crippen LogP contribution is -2.53. The average Bonchev–Trinajstić information content (AvgIpc) is 3.17. The number of hydrazine groups is 1. The van der Waals surface area contributed by atoms with Crippen molar-refractivity contribution in [3.8, 4) is 5.75 Å². The highest BCUT2D eigenvalue weighted by Crippen LogP contribution is 2.27. The third-order valence-electron chi connectivity index (χ3n) is 4.34. The van der Waals surface area contributed by atoms with Crippen LogP contribution in [0.5, 0.6) is 5.75 Å². The molecule has 1 aromatic rings. The number of aliphatic hydroxyl groups excluding tert-OH is 1. The second-order valence-electron chi connectivity index (χ2n) is 6.42. The van der Waals surface area contributed by atoms with Crippen molar-refractivity contribution in [1.29, 1.82) is 0 Å². The first kappa shape index (κ1) is 22.8. The molecule has 1 heterocycles. The number of hydrogen-bond donors (Lipinski definition) is 3. The maximum Gasteiger partial charge on any atom is 0.266 e. The van der Waals surface area contributed by atoms with Gasteiger partial charge in [-0.1, -0.05) is 6.08 Å². The molecule has 0 radical (unpaired) electrons. The topological polar surface area (TPSA) is 111 Å². The first-order valence-corrected chi connectivity index (χ1v) is 9.35. The molecule has 9 nitrogen and oxygen atoms in total. The maximum absolute atomic E-state index is 12.8. The first-order chi connectivity index (χ1) is 14.1. The van der Waals surface area contributed by atoms with Gasteiger partial charge in [0, 0.05) is 39.2 Å². The number of hydrogen-bond acceptors (Lipinski definition) is 8. The molecule has 0 saturated carbocycles. The standard InChI is InChI=1S/C20H29N3O6/c1-4-10-20(19(25)23-21-13-17(26-2)27-3)14-29-18(22-20)15-6-8-16(9-7-15)28-12-5-11-24/h4,6-9,17,21,24H,1,5,10-14H2,2-3H3,(H,23,25)/t20-/m0/s1. The molecule has 29 heavy (non-hydrogen) atoms. The minimum absolute atomic E-state index is 0.0859. The van der Waals surface area contributed by atoms with Crippen LogP contribution in [0.4, 0.5) is 0 Å². The number of aliphatic imine (C=N–C) groups is 1. The summed E-state index contributed by atoms with van der Waals surface area (Å²) in [4.78, 5) is 17.3. The summed E-state index contributed by atoms with van der Waals surface area (Å²) in [6, 6.07) is 7.22. The fourth-order valence-electron chi connectivity index (χ4n) is 2.69. The van der Waals surface area contributed by atoms with Gasteiger partial charge in [0.1, 0.15) is 12.4 Å². The number of nitrogens with zero attached hydrogens (tertiary/aromatic N) is 1. The van der Waals surface area contributed by atoms with Crippen LogP contribution in [-0.4, -0.2) is 69.3 Å². The molecular weight excluding hydrogens is 378 g/mol. The van der Waals surface area contributed by atoms with Crippen molar-refractivity contribution in [2.75, 3.05) is 40.6 Å². The van der Waals surface area contributed by atoms with E-state index in [2.05, 4.69) is 22.4 Å². The number of benzene rings is 1. The predicted molar refractivity (Wildman–Crippen MR) is 108 cm³/mol. The van der Waals surface area contributed by atoms with Gasteiger partial charge in [0.15, 0.2) is 11.8 Å². The number of aliphatic hydroxyl groups is 1. The van der Waals surface area contributed by atoms with Gasteiger partial charge in [0.2, 0.25) is 5.90 Å². The molecule has 2 rings (SSSR count).